The summed E-state index contributed by atoms with van der Waals surface area (Å²) in [6.07, 6.45) is 2.01. The van der Waals surface area contributed by atoms with Crippen molar-refractivity contribution in [2.24, 2.45) is 0 Å². The largest absolute Gasteiger partial charge is 0.488 e. The van der Waals surface area contributed by atoms with Crippen LogP contribution in [-0.2, 0) is 4.74 Å². The van der Waals surface area contributed by atoms with E-state index < -0.39 is 0 Å². The van der Waals surface area contributed by atoms with E-state index in [1.165, 1.54) is 0 Å². The van der Waals surface area contributed by atoms with E-state index in [1.807, 2.05) is 26.0 Å². The van der Waals surface area contributed by atoms with Crippen LogP contribution in [0.25, 0.3) is 10.9 Å². The van der Waals surface area contributed by atoms with Crippen LogP contribution < -0.4 is 10.1 Å². The lowest BCUT2D eigenvalue weighted by molar-refractivity contribution is 0.0261. The maximum Gasteiger partial charge on any atom is 0.223 e. The van der Waals surface area contributed by atoms with Gasteiger partial charge in [-0.3, -0.25) is 0 Å². The zero-order valence-corrected chi connectivity index (χ0v) is 14.4. The predicted octanol–water partition coefficient (Wildman–Crippen LogP) is 3.69. The average Bonchev–Trinajstić information content (AvgIpc) is 2.50. The predicted molar refractivity (Wildman–Crippen MR) is 90.6 cm³/mol. The molecule has 0 unspecified atom stereocenters. The van der Waals surface area contributed by atoms with Crippen LogP contribution in [0.15, 0.2) is 16.6 Å². The summed E-state index contributed by atoms with van der Waals surface area (Å²) in [6, 6.07) is 4.02. The van der Waals surface area contributed by atoms with Gasteiger partial charge in [-0.15, -0.1) is 0 Å². The number of anilines is 1. The number of halogens is 1. The number of hydrogen-bond acceptors (Lipinski definition) is 5. The summed E-state index contributed by atoms with van der Waals surface area (Å²) < 4.78 is 12.6. The second-order valence-corrected chi connectivity index (χ2v) is 6.31. The zero-order chi connectivity index (χ0) is 15.5. The number of aromatic nitrogens is 2. The van der Waals surface area contributed by atoms with Crippen LogP contribution in [0.2, 0.25) is 0 Å². The van der Waals surface area contributed by atoms with Crippen LogP contribution in [0.5, 0.6) is 5.75 Å². The van der Waals surface area contributed by atoms with Gasteiger partial charge < -0.3 is 14.8 Å². The van der Waals surface area contributed by atoms with Gasteiger partial charge in [0.2, 0.25) is 5.95 Å². The maximum absolute atomic E-state index is 6.21. The molecule has 0 radical (unpaired) electrons. The summed E-state index contributed by atoms with van der Waals surface area (Å²) >= 11 is 3.56. The lowest BCUT2D eigenvalue weighted by Crippen LogP contribution is -2.26. The summed E-state index contributed by atoms with van der Waals surface area (Å²) in [6.45, 7) is 6.33. The first kappa shape index (κ1) is 15.5. The Hall–Kier alpha value is -1.40. The van der Waals surface area contributed by atoms with Crippen molar-refractivity contribution in [3.63, 3.8) is 0 Å². The monoisotopic (exact) mass is 365 g/mol. The lowest BCUT2D eigenvalue weighted by atomic mass is 10.1. The van der Waals surface area contributed by atoms with E-state index in [0.29, 0.717) is 5.95 Å². The van der Waals surface area contributed by atoms with E-state index in [4.69, 9.17) is 9.47 Å². The minimum Gasteiger partial charge on any atom is -0.488 e. The highest BCUT2D eigenvalue weighted by molar-refractivity contribution is 9.10. The first-order chi connectivity index (χ1) is 10.7. The van der Waals surface area contributed by atoms with Crippen LogP contribution in [0.3, 0.4) is 0 Å². The Morgan fingerprint density at radius 3 is 2.82 bits per heavy atom. The summed E-state index contributed by atoms with van der Waals surface area (Å²) in [5.74, 6) is 1.45. The molecule has 5 nitrogen and oxygen atoms in total. The molecule has 118 valence electrons. The van der Waals surface area contributed by atoms with E-state index in [2.05, 4.69) is 31.2 Å². The fourth-order valence-corrected chi connectivity index (χ4v) is 3.05. The summed E-state index contributed by atoms with van der Waals surface area (Å²) in [4.78, 5) is 9.13. The molecule has 2 heterocycles. The molecule has 0 amide bonds. The molecular weight excluding hydrogens is 346 g/mol. The van der Waals surface area contributed by atoms with Gasteiger partial charge in [0, 0.05) is 29.2 Å². The molecule has 22 heavy (non-hydrogen) atoms. The minimum atomic E-state index is 0.184. The Morgan fingerprint density at radius 2 is 2.09 bits per heavy atom. The molecule has 1 saturated heterocycles. The third-order valence-electron chi connectivity index (χ3n) is 3.72. The fraction of sp³-hybridized carbons (Fsp3) is 0.500. The van der Waals surface area contributed by atoms with Gasteiger partial charge in [0.15, 0.2) is 0 Å². The topological polar surface area (TPSA) is 56.3 Å². The Balaban J connectivity index is 2.02. The molecule has 6 heteroatoms. The molecule has 1 fully saturated rings. The van der Waals surface area contributed by atoms with Gasteiger partial charge in [-0.1, -0.05) is 15.9 Å². The van der Waals surface area contributed by atoms with E-state index in [0.717, 1.165) is 59.4 Å². The second-order valence-electron chi connectivity index (χ2n) is 5.39. The zero-order valence-electron chi connectivity index (χ0n) is 12.9. The molecule has 1 aliphatic rings. The van der Waals surface area contributed by atoms with Crippen molar-refractivity contribution < 1.29 is 9.47 Å². The number of rotatable bonds is 4. The first-order valence-corrected chi connectivity index (χ1v) is 8.43. The molecular formula is C16H20BrN3O2. The van der Waals surface area contributed by atoms with Crippen LogP contribution in [-0.4, -0.2) is 35.8 Å². The summed E-state index contributed by atoms with van der Waals surface area (Å²) in [7, 11) is 0. The van der Waals surface area contributed by atoms with Crippen molar-refractivity contribution in [3.8, 4) is 5.75 Å². The molecule has 1 aromatic heterocycles. The molecule has 0 saturated carbocycles. The summed E-state index contributed by atoms with van der Waals surface area (Å²) in [5, 5.41) is 4.19. The van der Waals surface area contributed by atoms with Crippen LogP contribution in [0.1, 0.15) is 25.5 Å². The third-order valence-corrected chi connectivity index (χ3v) is 4.18. The third kappa shape index (κ3) is 3.33. The van der Waals surface area contributed by atoms with Crippen LogP contribution >= 0.6 is 15.9 Å². The Labute approximate surface area is 138 Å². The van der Waals surface area contributed by atoms with Crippen molar-refractivity contribution in [3.05, 3.63) is 22.3 Å². The minimum absolute atomic E-state index is 0.184. The van der Waals surface area contributed by atoms with Gasteiger partial charge in [-0.05, 0) is 26.0 Å². The van der Waals surface area contributed by atoms with Gasteiger partial charge in [-0.25, -0.2) is 9.97 Å². The van der Waals surface area contributed by atoms with E-state index in [-0.39, 0.29) is 6.10 Å². The number of hydrogen-bond donors (Lipinski definition) is 1. The van der Waals surface area contributed by atoms with Crippen molar-refractivity contribution in [2.45, 2.75) is 32.8 Å². The summed E-state index contributed by atoms with van der Waals surface area (Å²) in [5.41, 5.74) is 1.80. The van der Waals surface area contributed by atoms with E-state index >= 15 is 0 Å². The van der Waals surface area contributed by atoms with Crippen molar-refractivity contribution in [2.75, 3.05) is 25.1 Å². The molecule has 1 aromatic carbocycles. The number of nitrogens with one attached hydrogen (secondary N) is 1. The number of aryl methyl sites for hydroxylation is 1. The number of fused-ring (bicyclic) bond motifs is 1. The van der Waals surface area contributed by atoms with Gasteiger partial charge in [0.05, 0.1) is 18.9 Å². The smallest absolute Gasteiger partial charge is 0.223 e. The molecule has 2 aromatic rings. The molecule has 0 spiro atoms. The standard InChI is InChI=1S/C16H20BrN3O2/c1-3-18-16-19-10(2)13-8-11(17)9-14(15(13)20-16)22-12-4-6-21-7-5-12/h8-9,12H,3-7H2,1-2H3,(H,18,19,20). The molecule has 0 aliphatic carbocycles. The second kappa shape index (κ2) is 6.79. The normalized spacial score (nSPS) is 16.0. The van der Waals surface area contributed by atoms with Crippen molar-refractivity contribution >= 4 is 32.8 Å². The first-order valence-electron chi connectivity index (χ1n) is 7.63. The number of benzene rings is 1. The van der Waals surface area contributed by atoms with E-state index in [9.17, 15) is 0 Å². The number of ether oxygens (including phenoxy) is 2. The Kier molecular flexibility index (Phi) is 4.78. The van der Waals surface area contributed by atoms with Crippen LogP contribution in [0.4, 0.5) is 5.95 Å². The lowest BCUT2D eigenvalue weighted by Gasteiger charge is -2.24. The average molecular weight is 366 g/mol. The van der Waals surface area contributed by atoms with Gasteiger partial charge in [0.1, 0.15) is 17.4 Å². The van der Waals surface area contributed by atoms with Crippen LogP contribution in [0, 0.1) is 6.92 Å². The highest BCUT2D eigenvalue weighted by Crippen LogP contribution is 2.32. The highest BCUT2D eigenvalue weighted by atomic mass is 79.9. The quantitative estimate of drug-likeness (QED) is 0.895. The Morgan fingerprint density at radius 1 is 1.32 bits per heavy atom. The van der Waals surface area contributed by atoms with Gasteiger partial charge in [0.25, 0.3) is 0 Å². The van der Waals surface area contributed by atoms with E-state index in [1.54, 1.807) is 0 Å². The number of nitrogens with zero attached hydrogens (tertiary/aromatic N) is 2. The van der Waals surface area contributed by atoms with Gasteiger partial charge >= 0.3 is 0 Å². The molecule has 3 rings (SSSR count). The molecule has 1 aliphatic heterocycles. The Bertz CT molecular complexity index is 672. The molecule has 0 atom stereocenters. The van der Waals surface area contributed by atoms with Crippen molar-refractivity contribution in [1.82, 2.24) is 9.97 Å². The molecule has 0 bridgehead atoms. The van der Waals surface area contributed by atoms with Gasteiger partial charge in [-0.2, -0.15) is 0 Å². The maximum atomic E-state index is 6.21. The molecule has 1 N–H and O–H groups in total. The SMILES string of the molecule is CCNc1nc(C)c2cc(Br)cc(OC3CCOCC3)c2n1. The highest BCUT2D eigenvalue weighted by Gasteiger charge is 2.18. The van der Waals surface area contributed by atoms with Crippen molar-refractivity contribution in [1.29, 1.82) is 0 Å². The fourth-order valence-electron chi connectivity index (χ4n) is 2.62.